The van der Waals surface area contributed by atoms with Gasteiger partial charge in [-0.15, -0.1) is 0 Å². The zero-order valence-electron chi connectivity index (χ0n) is 8.65. The van der Waals surface area contributed by atoms with Crippen LogP contribution in [-0.2, 0) is 0 Å². The van der Waals surface area contributed by atoms with E-state index in [0.717, 1.165) is 0 Å². The Kier molecular flexibility index (Phi) is 3.49. The van der Waals surface area contributed by atoms with Crippen LogP contribution in [0.5, 0.6) is 0 Å². The van der Waals surface area contributed by atoms with Gasteiger partial charge >= 0.3 is 0 Å². The van der Waals surface area contributed by atoms with Crippen molar-refractivity contribution in [3.63, 3.8) is 0 Å². The molecule has 0 radical (unpaired) electrons. The van der Waals surface area contributed by atoms with Crippen LogP contribution < -0.4 is 5.32 Å². The first-order valence-electron chi connectivity index (χ1n) is 4.83. The third kappa shape index (κ3) is 2.88. The second-order valence-electron chi connectivity index (χ2n) is 3.32. The number of nitrogens with one attached hydrogen (secondary N) is 1. The number of hydrogen-bond donors (Lipinski definition) is 1. The summed E-state index contributed by atoms with van der Waals surface area (Å²) in [7, 11) is 0. The van der Waals surface area contributed by atoms with Gasteiger partial charge in [-0.05, 0) is 46.3 Å². The summed E-state index contributed by atoms with van der Waals surface area (Å²) >= 11 is 3.18. The van der Waals surface area contributed by atoms with E-state index in [4.69, 9.17) is 0 Å². The number of benzene rings is 1. The highest BCUT2D eigenvalue weighted by molar-refractivity contribution is 9.10. The predicted molar refractivity (Wildman–Crippen MR) is 66.3 cm³/mol. The summed E-state index contributed by atoms with van der Waals surface area (Å²) in [6, 6.07) is 7.39. The Morgan fingerprint density at radius 3 is 2.82 bits per heavy atom. The molecule has 0 atom stereocenters. The van der Waals surface area contributed by atoms with Crippen molar-refractivity contribution in [1.29, 1.82) is 0 Å². The minimum Gasteiger partial charge on any atom is -0.321 e. The molecule has 0 fully saturated rings. The number of amides is 1. The van der Waals surface area contributed by atoms with Gasteiger partial charge in [0, 0.05) is 16.9 Å². The summed E-state index contributed by atoms with van der Waals surface area (Å²) in [6.07, 6.45) is 3.05. The molecule has 86 valence electrons. The van der Waals surface area contributed by atoms with Crippen LogP contribution in [0, 0.1) is 5.82 Å². The van der Waals surface area contributed by atoms with Gasteiger partial charge in [-0.25, -0.2) is 4.39 Å². The lowest BCUT2D eigenvalue weighted by atomic mass is 10.2. The molecule has 1 aromatic carbocycles. The van der Waals surface area contributed by atoms with Crippen LogP contribution in [0.4, 0.5) is 10.1 Å². The SMILES string of the molecule is O=C(Nc1ccc(F)cc1Br)c1cccnc1. The van der Waals surface area contributed by atoms with E-state index in [1.54, 1.807) is 18.3 Å². The second-order valence-corrected chi connectivity index (χ2v) is 4.17. The first kappa shape index (κ1) is 11.7. The number of rotatable bonds is 2. The summed E-state index contributed by atoms with van der Waals surface area (Å²) in [5.74, 6) is -0.651. The maximum absolute atomic E-state index is 12.9. The normalized spacial score (nSPS) is 10.0. The molecule has 0 saturated heterocycles. The van der Waals surface area contributed by atoms with Gasteiger partial charge < -0.3 is 5.32 Å². The molecule has 1 heterocycles. The molecule has 1 N–H and O–H groups in total. The fourth-order valence-corrected chi connectivity index (χ4v) is 1.73. The lowest BCUT2D eigenvalue weighted by Gasteiger charge is -2.06. The first-order chi connectivity index (χ1) is 8.16. The molecule has 0 aliphatic rings. The smallest absolute Gasteiger partial charge is 0.257 e. The molecule has 0 aliphatic carbocycles. The third-order valence-corrected chi connectivity index (χ3v) is 2.76. The summed E-state index contributed by atoms with van der Waals surface area (Å²) in [5.41, 5.74) is 0.962. The highest BCUT2D eigenvalue weighted by Crippen LogP contribution is 2.23. The number of nitrogens with zero attached hydrogens (tertiary/aromatic N) is 1. The van der Waals surface area contributed by atoms with Crippen LogP contribution in [0.2, 0.25) is 0 Å². The monoisotopic (exact) mass is 294 g/mol. The Balaban J connectivity index is 2.19. The van der Waals surface area contributed by atoms with Gasteiger partial charge in [-0.1, -0.05) is 0 Å². The number of pyridine rings is 1. The lowest BCUT2D eigenvalue weighted by molar-refractivity contribution is 0.102. The number of anilines is 1. The van der Waals surface area contributed by atoms with Crippen molar-refractivity contribution in [3.05, 3.63) is 58.6 Å². The number of halogens is 2. The van der Waals surface area contributed by atoms with Gasteiger partial charge in [0.2, 0.25) is 0 Å². The lowest BCUT2D eigenvalue weighted by Crippen LogP contribution is -2.12. The van der Waals surface area contributed by atoms with E-state index in [1.807, 2.05) is 0 Å². The van der Waals surface area contributed by atoms with Gasteiger partial charge in [-0.3, -0.25) is 9.78 Å². The van der Waals surface area contributed by atoms with Crippen molar-refractivity contribution in [2.75, 3.05) is 5.32 Å². The number of hydrogen-bond acceptors (Lipinski definition) is 2. The zero-order valence-corrected chi connectivity index (χ0v) is 10.2. The number of aromatic nitrogens is 1. The van der Waals surface area contributed by atoms with E-state index in [1.165, 1.54) is 24.4 Å². The van der Waals surface area contributed by atoms with Crippen molar-refractivity contribution in [2.24, 2.45) is 0 Å². The Hall–Kier alpha value is -1.75. The van der Waals surface area contributed by atoms with E-state index in [9.17, 15) is 9.18 Å². The van der Waals surface area contributed by atoms with Crippen LogP contribution in [0.25, 0.3) is 0 Å². The molecule has 3 nitrogen and oxygen atoms in total. The molecule has 2 rings (SSSR count). The number of carbonyl (C=O) groups excluding carboxylic acids is 1. The van der Waals surface area contributed by atoms with Crippen molar-refractivity contribution in [3.8, 4) is 0 Å². The van der Waals surface area contributed by atoms with Crippen molar-refractivity contribution >= 4 is 27.5 Å². The number of carbonyl (C=O) groups is 1. The van der Waals surface area contributed by atoms with Crippen LogP contribution in [-0.4, -0.2) is 10.9 Å². The van der Waals surface area contributed by atoms with E-state index in [-0.39, 0.29) is 11.7 Å². The summed E-state index contributed by atoms with van der Waals surface area (Å²) in [6.45, 7) is 0. The van der Waals surface area contributed by atoms with Crippen molar-refractivity contribution in [2.45, 2.75) is 0 Å². The molecule has 0 unspecified atom stereocenters. The molecule has 2 aromatic rings. The van der Waals surface area contributed by atoms with Crippen LogP contribution in [0.3, 0.4) is 0 Å². The maximum Gasteiger partial charge on any atom is 0.257 e. The first-order valence-corrected chi connectivity index (χ1v) is 5.62. The average molecular weight is 295 g/mol. The summed E-state index contributed by atoms with van der Waals surface area (Å²) in [4.78, 5) is 15.6. The average Bonchev–Trinajstić information content (AvgIpc) is 2.34. The Labute approximate surface area is 106 Å². The molecule has 5 heteroatoms. The predicted octanol–water partition coefficient (Wildman–Crippen LogP) is 3.24. The van der Waals surface area contributed by atoms with E-state index >= 15 is 0 Å². The fourth-order valence-electron chi connectivity index (χ4n) is 1.28. The Morgan fingerprint density at radius 1 is 1.35 bits per heavy atom. The van der Waals surface area contributed by atoms with Crippen molar-refractivity contribution < 1.29 is 9.18 Å². The van der Waals surface area contributed by atoms with Crippen LogP contribution in [0.1, 0.15) is 10.4 Å². The van der Waals surface area contributed by atoms with Crippen molar-refractivity contribution in [1.82, 2.24) is 4.98 Å². The molecular formula is C12H8BrFN2O. The standard InChI is InChI=1S/C12H8BrFN2O/c13-10-6-9(14)3-4-11(10)16-12(17)8-2-1-5-15-7-8/h1-7H,(H,16,17). The highest BCUT2D eigenvalue weighted by Gasteiger charge is 2.08. The van der Waals surface area contributed by atoms with Gasteiger partial charge in [0.15, 0.2) is 0 Å². The molecule has 17 heavy (non-hydrogen) atoms. The third-order valence-electron chi connectivity index (χ3n) is 2.10. The molecular weight excluding hydrogens is 287 g/mol. The molecule has 0 bridgehead atoms. The molecule has 0 saturated carbocycles. The van der Waals surface area contributed by atoms with Gasteiger partial charge in [0.1, 0.15) is 5.82 Å². The minimum atomic E-state index is -0.365. The summed E-state index contributed by atoms with van der Waals surface area (Å²) < 4.78 is 13.4. The maximum atomic E-state index is 12.9. The quantitative estimate of drug-likeness (QED) is 0.924. The zero-order chi connectivity index (χ0) is 12.3. The molecule has 0 aliphatic heterocycles. The van der Waals surface area contributed by atoms with E-state index in [2.05, 4.69) is 26.2 Å². The highest BCUT2D eigenvalue weighted by atomic mass is 79.9. The van der Waals surface area contributed by atoms with E-state index < -0.39 is 0 Å². The van der Waals surface area contributed by atoms with Crippen LogP contribution in [0.15, 0.2) is 47.2 Å². The van der Waals surface area contributed by atoms with E-state index in [0.29, 0.717) is 15.7 Å². The Bertz CT molecular complexity index is 545. The molecule has 1 amide bonds. The van der Waals surface area contributed by atoms with Gasteiger partial charge in [0.05, 0.1) is 11.3 Å². The van der Waals surface area contributed by atoms with Gasteiger partial charge in [-0.2, -0.15) is 0 Å². The molecule has 1 aromatic heterocycles. The van der Waals surface area contributed by atoms with Gasteiger partial charge in [0.25, 0.3) is 5.91 Å². The Morgan fingerprint density at radius 2 is 2.18 bits per heavy atom. The fraction of sp³-hybridized carbons (Fsp3) is 0. The van der Waals surface area contributed by atoms with Crippen LogP contribution >= 0.6 is 15.9 Å². The molecule has 0 spiro atoms. The summed E-state index contributed by atoms with van der Waals surface area (Å²) in [5, 5.41) is 2.66. The minimum absolute atomic E-state index is 0.287. The topological polar surface area (TPSA) is 42.0 Å². The second kappa shape index (κ2) is 5.05. The largest absolute Gasteiger partial charge is 0.321 e.